The van der Waals surface area contributed by atoms with E-state index in [-0.39, 0.29) is 0 Å². The van der Waals surface area contributed by atoms with E-state index in [1.54, 1.807) is 0 Å². The average Bonchev–Trinajstić information content (AvgIpc) is 2.45. The molecule has 0 aromatic carbocycles. The molecule has 0 radical (unpaired) electrons. The number of fused-ring (bicyclic) bond motifs is 1. The Labute approximate surface area is 132 Å². The summed E-state index contributed by atoms with van der Waals surface area (Å²) >= 11 is 0. The van der Waals surface area contributed by atoms with Crippen molar-refractivity contribution in [3.05, 3.63) is 0 Å². The molecular weight excluding hydrogens is 260 g/mol. The number of hydrogen-bond donors (Lipinski definition) is 0. The van der Waals surface area contributed by atoms with Crippen LogP contribution in [0, 0.1) is 5.92 Å². The van der Waals surface area contributed by atoms with E-state index in [1.807, 2.05) is 0 Å². The lowest BCUT2D eigenvalue weighted by atomic mass is 9.92. The van der Waals surface area contributed by atoms with E-state index in [9.17, 15) is 0 Å². The standard InChI is InChI=1S/C18H36N2O/c1-15(2)18-14-19-10-6-5-9-17(19)13-20(18)11-7-8-12-21-16(3)4/h15-18H,5-14H2,1-4H3. The van der Waals surface area contributed by atoms with Crippen molar-refractivity contribution in [3.8, 4) is 0 Å². The summed E-state index contributed by atoms with van der Waals surface area (Å²) in [5.74, 6) is 0.764. The maximum atomic E-state index is 5.66. The Morgan fingerprint density at radius 2 is 1.86 bits per heavy atom. The zero-order valence-corrected chi connectivity index (χ0v) is 14.7. The van der Waals surface area contributed by atoms with Gasteiger partial charge < -0.3 is 4.74 Å². The molecule has 0 amide bonds. The van der Waals surface area contributed by atoms with Gasteiger partial charge in [-0.3, -0.25) is 9.80 Å². The molecule has 3 nitrogen and oxygen atoms in total. The van der Waals surface area contributed by atoms with E-state index in [0.29, 0.717) is 6.10 Å². The summed E-state index contributed by atoms with van der Waals surface area (Å²) < 4.78 is 5.66. The van der Waals surface area contributed by atoms with Crippen molar-refractivity contribution < 1.29 is 4.74 Å². The number of piperidine rings is 1. The summed E-state index contributed by atoms with van der Waals surface area (Å²) in [5.41, 5.74) is 0. The van der Waals surface area contributed by atoms with Gasteiger partial charge in [0.15, 0.2) is 0 Å². The van der Waals surface area contributed by atoms with Crippen LogP contribution in [-0.4, -0.2) is 60.8 Å². The molecule has 2 rings (SSSR count). The summed E-state index contributed by atoms with van der Waals surface area (Å²) in [6, 6.07) is 1.59. The van der Waals surface area contributed by atoms with E-state index < -0.39 is 0 Å². The summed E-state index contributed by atoms with van der Waals surface area (Å²) in [5, 5.41) is 0. The van der Waals surface area contributed by atoms with Crippen LogP contribution in [0.5, 0.6) is 0 Å². The number of piperazine rings is 1. The lowest BCUT2D eigenvalue weighted by Gasteiger charge is -2.50. The number of rotatable bonds is 7. The van der Waals surface area contributed by atoms with Crippen molar-refractivity contribution in [3.63, 3.8) is 0 Å². The number of hydrogen-bond acceptors (Lipinski definition) is 3. The highest BCUT2D eigenvalue weighted by atomic mass is 16.5. The van der Waals surface area contributed by atoms with Gasteiger partial charge in [-0.2, -0.15) is 0 Å². The predicted molar refractivity (Wildman–Crippen MR) is 89.7 cm³/mol. The van der Waals surface area contributed by atoms with Gasteiger partial charge in [0.2, 0.25) is 0 Å². The van der Waals surface area contributed by atoms with E-state index in [1.165, 1.54) is 58.3 Å². The predicted octanol–water partition coefficient (Wildman–Crippen LogP) is 3.39. The molecule has 0 bridgehead atoms. The van der Waals surface area contributed by atoms with E-state index in [2.05, 4.69) is 37.5 Å². The van der Waals surface area contributed by atoms with E-state index in [0.717, 1.165) is 24.6 Å². The largest absolute Gasteiger partial charge is 0.379 e. The van der Waals surface area contributed by atoms with Gasteiger partial charge in [0.1, 0.15) is 0 Å². The quantitative estimate of drug-likeness (QED) is 0.670. The molecule has 0 aliphatic carbocycles. The van der Waals surface area contributed by atoms with Crippen LogP contribution in [0.1, 0.15) is 59.8 Å². The summed E-state index contributed by atoms with van der Waals surface area (Å²) in [4.78, 5) is 5.55. The topological polar surface area (TPSA) is 15.7 Å². The first kappa shape index (κ1) is 17.2. The maximum absolute atomic E-state index is 5.66. The third kappa shape index (κ3) is 5.22. The first-order valence-corrected chi connectivity index (χ1v) is 9.17. The van der Waals surface area contributed by atoms with Crippen molar-refractivity contribution in [1.29, 1.82) is 0 Å². The SMILES string of the molecule is CC(C)OCCCCN1CC2CCCCN2CC1C(C)C. The molecule has 0 aromatic rings. The number of ether oxygens (including phenoxy) is 1. The van der Waals surface area contributed by atoms with Crippen molar-refractivity contribution in [2.24, 2.45) is 5.92 Å². The first-order valence-electron chi connectivity index (χ1n) is 9.17. The van der Waals surface area contributed by atoms with Gasteiger partial charge in [0, 0.05) is 31.8 Å². The van der Waals surface area contributed by atoms with Crippen LogP contribution in [0.3, 0.4) is 0 Å². The molecule has 2 aliphatic rings. The Morgan fingerprint density at radius 3 is 2.57 bits per heavy atom. The number of nitrogens with zero attached hydrogens (tertiary/aromatic N) is 2. The Balaban J connectivity index is 1.78. The highest BCUT2D eigenvalue weighted by Crippen LogP contribution is 2.27. The molecule has 0 saturated carbocycles. The van der Waals surface area contributed by atoms with E-state index in [4.69, 9.17) is 4.74 Å². The van der Waals surface area contributed by atoms with Gasteiger partial charge in [-0.15, -0.1) is 0 Å². The second-order valence-corrected chi connectivity index (χ2v) is 7.58. The molecule has 2 atom stereocenters. The Kier molecular flexibility index (Phi) is 6.97. The monoisotopic (exact) mass is 296 g/mol. The molecule has 0 N–H and O–H groups in total. The maximum Gasteiger partial charge on any atom is 0.0518 e. The molecule has 2 fully saturated rings. The highest BCUT2D eigenvalue weighted by molar-refractivity contribution is 4.91. The minimum Gasteiger partial charge on any atom is -0.379 e. The van der Waals surface area contributed by atoms with Gasteiger partial charge in [-0.1, -0.05) is 20.3 Å². The zero-order valence-electron chi connectivity index (χ0n) is 14.7. The average molecular weight is 296 g/mol. The fourth-order valence-corrected chi connectivity index (χ4v) is 3.89. The van der Waals surface area contributed by atoms with Gasteiger partial charge in [-0.25, -0.2) is 0 Å². The molecule has 2 aliphatic heterocycles. The van der Waals surface area contributed by atoms with Gasteiger partial charge in [0.25, 0.3) is 0 Å². The molecule has 2 unspecified atom stereocenters. The fourth-order valence-electron chi connectivity index (χ4n) is 3.89. The van der Waals surface area contributed by atoms with Crippen LogP contribution in [0.15, 0.2) is 0 Å². The van der Waals surface area contributed by atoms with Gasteiger partial charge >= 0.3 is 0 Å². The van der Waals surface area contributed by atoms with Crippen LogP contribution in [-0.2, 0) is 4.74 Å². The normalized spacial score (nSPS) is 28.3. The van der Waals surface area contributed by atoms with Gasteiger partial charge in [0.05, 0.1) is 6.10 Å². The third-order valence-corrected chi connectivity index (χ3v) is 5.15. The van der Waals surface area contributed by atoms with Crippen LogP contribution in [0.2, 0.25) is 0 Å². The van der Waals surface area contributed by atoms with Crippen molar-refractivity contribution in [1.82, 2.24) is 9.80 Å². The lowest BCUT2D eigenvalue weighted by molar-refractivity contribution is -0.00957. The Morgan fingerprint density at radius 1 is 1.05 bits per heavy atom. The molecular formula is C18H36N2O. The van der Waals surface area contributed by atoms with Gasteiger partial charge in [-0.05, 0) is 58.5 Å². The minimum absolute atomic E-state index is 0.374. The molecule has 0 aromatic heterocycles. The van der Waals surface area contributed by atoms with E-state index >= 15 is 0 Å². The molecule has 2 saturated heterocycles. The Bertz CT molecular complexity index is 293. The van der Waals surface area contributed by atoms with Crippen LogP contribution in [0.4, 0.5) is 0 Å². The number of unbranched alkanes of at least 4 members (excludes halogenated alkanes) is 1. The lowest BCUT2D eigenvalue weighted by Crippen LogP contribution is -2.61. The van der Waals surface area contributed by atoms with Crippen molar-refractivity contribution >= 4 is 0 Å². The smallest absolute Gasteiger partial charge is 0.0518 e. The minimum atomic E-state index is 0.374. The second-order valence-electron chi connectivity index (χ2n) is 7.58. The summed E-state index contributed by atoms with van der Waals surface area (Å²) in [6.07, 6.45) is 7.12. The fraction of sp³-hybridized carbons (Fsp3) is 1.00. The van der Waals surface area contributed by atoms with Crippen LogP contribution < -0.4 is 0 Å². The van der Waals surface area contributed by atoms with Crippen LogP contribution >= 0.6 is 0 Å². The second kappa shape index (κ2) is 8.50. The Hall–Kier alpha value is -0.120. The highest BCUT2D eigenvalue weighted by Gasteiger charge is 2.35. The molecule has 2 heterocycles. The summed E-state index contributed by atoms with van der Waals surface area (Å²) in [7, 11) is 0. The molecule has 3 heteroatoms. The first-order chi connectivity index (χ1) is 10.1. The molecule has 0 spiro atoms. The zero-order chi connectivity index (χ0) is 15.2. The molecule has 21 heavy (non-hydrogen) atoms. The molecule has 124 valence electrons. The van der Waals surface area contributed by atoms with Crippen LogP contribution in [0.25, 0.3) is 0 Å². The summed E-state index contributed by atoms with van der Waals surface area (Å²) in [6.45, 7) is 15.1. The third-order valence-electron chi connectivity index (χ3n) is 5.15. The van der Waals surface area contributed by atoms with Crippen molar-refractivity contribution in [2.45, 2.75) is 78.0 Å². The van der Waals surface area contributed by atoms with Crippen molar-refractivity contribution in [2.75, 3.05) is 32.8 Å².